The Bertz CT molecular complexity index is 293. The van der Waals surface area contributed by atoms with E-state index in [-0.39, 0.29) is 5.41 Å². The molecular weight excluding hydrogens is 234 g/mol. The highest BCUT2D eigenvalue weighted by atomic mass is 16.3. The van der Waals surface area contributed by atoms with E-state index in [9.17, 15) is 0 Å². The molecule has 1 rings (SSSR count). The molecule has 19 heavy (non-hydrogen) atoms. The first-order chi connectivity index (χ1) is 9.23. The van der Waals surface area contributed by atoms with E-state index in [1.165, 1.54) is 64.2 Å². The van der Waals surface area contributed by atoms with Crippen LogP contribution in [0.25, 0.3) is 0 Å². The molecule has 1 aromatic heterocycles. The topological polar surface area (TPSA) is 26.0 Å². The summed E-state index contributed by atoms with van der Waals surface area (Å²) in [6.45, 7) is 6.89. The molecule has 110 valence electrons. The van der Waals surface area contributed by atoms with Crippen molar-refractivity contribution in [3.63, 3.8) is 0 Å². The lowest BCUT2D eigenvalue weighted by atomic mass is 9.77. The second kappa shape index (κ2) is 9.17. The maximum atomic E-state index is 5.20. The lowest BCUT2D eigenvalue weighted by Crippen LogP contribution is -2.22. The lowest BCUT2D eigenvalue weighted by Gasteiger charge is -2.27. The molecule has 2 heteroatoms. The van der Waals surface area contributed by atoms with Gasteiger partial charge in [0.1, 0.15) is 6.26 Å². The van der Waals surface area contributed by atoms with E-state index in [1.54, 1.807) is 6.39 Å². The van der Waals surface area contributed by atoms with Gasteiger partial charge in [-0.25, -0.2) is 4.98 Å². The first-order valence-electron chi connectivity index (χ1n) is 8.11. The Morgan fingerprint density at radius 1 is 0.947 bits per heavy atom. The van der Waals surface area contributed by atoms with Crippen molar-refractivity contribution < 1.29 is 4.42 Å². The molecule has 0 fully saturated rings. The Kier molecular flexibility index (Phi) is 7.85. The predicted molar refractivity (Wildman–Crippen MR) is 81.4 cm³/mol. The summed E-state index contributed by atoms with van der Waals surface area (Å²) in [6, 6.07) is 0. The highest BCUT2D eigenvalue weighted by molar-refractivity contribution is 5.09. The molecule has 0 spiro atoms. The van der Waals surface area contributed by atoms with Crippen molar-refractivity contribution in [2.24, 2.45) is 0 Å². The summed E-state index contributed by atoms with van der Waals surface area (Å²) in [5, 5.41) is 0. The van der Waals surface area contributed by atoms with Gasteiger partial charge in [-0.2, -0.15) is 0 Å². The van der Waals surface area contributed by atoms with Gasteiger partial charge in [0.05, 0.1) is 5.69 Å². The maximum Gasteiger partial charge on any atom is 0.180 e. The fourth-order valence-corrected chi connectivity index (χ4v) is 2.78. The van der Waals surface area contributed by atoms with Gasteiger partial charge in [-0.05, 0) is 12.8 Å². The minimum Gasteiger partial charge on any atom is -0.451 e. The van der Waals surface area contributed by atoms with Crippen molar-refractivity contribution in [1.29, 1.82) is 0 Å². The van der Waals surface area contributed by atoms with Crippen molar-refractivity contribution in [2.45, 2.75) is 90.4 Å². The summed E-state index contributed by atoms with van der Waals surface area (Å²) in [7, 11) is 0. The van der Waals surface area contributed by atoms with E-state index >= 15 is 0 Å². The SMILES string of the molecule is CCCCCCC(C)(CCCCCC)c1cocn1. The molecule has 0 bridgehead atoms. The van der Waals surface area contributed by atoms with Gasteiger partial charge in [0, 0.05) is 5.41 Å². The lowest BCUT2D eigenvalue weighted by molar-refractivity contribution is 0.354. The molecule has 0 saturated heterocycles. The number of oxazole rings is 1. The Morgan fingerprint density at radius 2 is 1.53 bits per heavy atom. The third-order valence-electron chi connectivity index (χ3n) is 4.21. The molecule has 0 saturated carbocycles. The van der Waals surface area contributed by atoms with Crippen LogP contribution in [0, 0.1) is 0 Å². The summed E-state index contributed by atoms with van der Waals surface area (Å²) in [5.41, 5.74) is 1.37. The fourth-order valence-electron chi connectivity index (χ4n) is 2.78. The molecular formula is C17H31NO. The van der Waals surface area contributed by atoms with Crippen LogP contribution in [-0.2, 0) is 5.41 Å². The smallest absolute Gasteiger partial charge is 0.180 e. The van der Waals surface area contributed by atoms with Crippen molar-refractivity contribution in [2.75, 3.05) is 0 Å². The quantitative estimate of drug-likeness (QED) is 0.467. The standard InChI is InChI=1S/C17H31NO/c1-4-6-8-10-12-17(3,13-11-9-7-5-2)16-14-19-15-18-16/h14-15H,4-13H2,1-3H3. The van der Waals surface area contributed by atoms with Gasteiger partial charge in [0.2, 0.25) is 0 Å². The van der Waals surface area contributed by atoms with E-state index in [0.29, 0.717) is 0 Å². The van der Waals surface area contributed by atoms with E-state index < -0.39 is 0 Å². The third-order valence-corrected chi connectivity index (χ3v) is 4.21. The summed E-state index contributed by atoms with van der Waals surface area (Å²) in [6.07, 6.45) is 16.5. The van der Waals surface area contributed by atoms with Gasteiger partial charge in [-0.1, -0.05) is 72.1 Å². The average Bonchev–Trinajstić information content (AvgIpc) is 2.95. The molecule has 0 aliphatic heterocycles. The molecule has 0 aliphatic carbocycles. The summed E-state index contributed by atoms with van der Waals surface area (Å²) < 4.78 is 5.20. The zero-order valence-corrected chi connectivity index (χ0v) is 13.1. The minimum absolute atomic E-state index is 0.217. The normalized spacial score (nSPS) is 11.9. The van der Waals surface area contributed by atoms with Crippen LogP contribution in [0.4, 0.5) is 0 Å². The van der Waals surface area contributed by atoms with Gasteiger partial charge in [0.15, 0.2) is 6.39 Å². The van der Waals surface area contributed by atoms with Gasteiger partial charge < -0.3 is 4.42 Å². The van der Waals surface area contributed by atoms with E-state index in [4.69, 9.17) is 4.42 Å². The molecule has 0 radical (unpaired) electrons. The zero-order chi connectivity index (χ0) is 14.0. The number of nitrogens with zero attached hydrogens (tertiary/aromatic N) is 1. The maximum absolute atomic E-state index is 5.20. The highest BCUT2D eigenvalue weighted by Crippen LogP contribution is 2.34. The average molecular weight is 265 g/mol. The Balaban J connectivity index is 2.47. The summed E-state index contributed by atoms with van der Waals surface area (Å²) in [5.74, 6) is 0. The molecule has 1 heterocycles. The zero-order valence-electron chi connectivity index (χ0n) is 13.1. The summed E-state index contributed by atoms with van der Waals surface area (Å²) in [4.78, 5) is 4.42. The molecule has 0 amide bonds. The van der Waals surface area contributed by atoms with Gasteiger partial charge in [-0.3, -0.25) is 0 Å². The number of hydrogen-bond acceptors (Lipinski definition) is 2. The van der Waals surface area contributed by atoms with Crippen molar-refractivity contribution >= 4 is 0 Å². The molecule has 1 aromatic rings. The van der Waals surface area contributed by atoms with Gasteiger partial charge >= 0.3 is 0 Å². The Hall–Kier alpha value is -0.790. The van der Waals surface area contributed by atoms with Crippen molar-refractivity contribution in [1.82, 2.24) is 4.98 Å². The molecule has 0 aromatic carbocycles. The minimum atomic E-state index is 0.217. The van der Waals surface area contributed by atoms with E-state index in [2.05, 4.69) is 25.8 Å². The first-order valence-corrected chi connectivity index (χ1v) is 8.11. The molecule has 0 atom stereocenters. The van der Waals surface area contributed by atoms with Gasteiger partial charge in [-0.15, -0.1) is 0 Å². The van der Waals surface area contributed by atoms with Crippen LogP contribution in [-0.4, -0.2) is 4.98 Å². The first kappa shape index (κ1) is 16.3. The van der Waals surface area contributed by atoms with E-state index in [1.807, 2.05) is 6.26 Å². The van der Waals surface area contributed by atoms with Crippen LogP contribution in [0.3, 0.4) is 0 Å². The predicted octanol–water partition coefficient (Wildman–Crippen LogP) is 5.87. The Labute approximate surface area is 119 Å². The second-order valence-electron chi connectivity index (χ2n) is 6.06. The third kappa shape index (κ3) is 5.80. The van der Waals surface area contributed by atoms with E-state index in [0.717, 1.165) is 5.69 Å². The molecule has 0 N–H and O–H groups in total. The van der Waals surface area contributed by atoms with Crippen LogP contribution >= 0.6 is 0 Å². The largest absolute Gasteiger partial charge is 0.451 e. The number of hydrogen-bond donors (Lipinski definition) is 0. The highest BCUT2D eigenvalue weighted by Gasteiger charge is 2.28. The fraction of sp³-hybridized carbons (Fsp3) is 0.824. The molecule has 0 unspecified atom stereocenters. The summed E-state index contributed by atoms with van der Waals surface area (Å²) >= 11 is 0. The molecule has 2 nitrogen and oxygen atoms in total. The van der Waals surface area contributed by atoms with Crippen LogP contribution in [0.5, 0.6) is 0 Å². The Morgan fingerprint density at radius 3 is 1.95 bits per heavy atom. The van der Waals surface area contributed by atoms with Crippen LogP contribution in [0.15, 0.2) is 17.1 Å². The number of aromatic nitrogens is 1. The van der Waals surface area contributed by atoms with Crippen molar-refractivity contribution in [3.8, 4) is 0 Å². The van der Waals surface area contributed by atoms with Crippen molar-refractivity contribution in [3.05, 3.63) is 18.4 Å². The van der Waals surface area contributed by atoms with Crippen LogP contribution in [0.2, 0.25) is 0 Å². The van der Waals surface area contributed by atoms with Crippen LogP contribution in [0.1, 0.15) is 90.7 Å². The second-order valence-corrected chi connectivity index (χ2v) is 6.06. The van der Waals surface area contributed by atoms with Crippen LogP contribution < -0.4 is 0 Å². The number of unbranched alkanes of at least 4 members (excludes halogenated alkanes) is 6. The number of rotatable bonds is 11. The van der Waals surface area contributed by atoms with Gasteiger partial charge in [0.25, 0.3) is 0 Å². The molecule has 0 aliphatic rings. The monoisotopic (exact) mass is 265 g/mol.